The number of carbonyl (C=O) groups is 1. The van der Waals surface area contributed by atoms with Gasteiger partial charge in [-0.1, -0.05) is 32.1 Å². The van der Waals surface area contributed by atoms with Crippen LogP contribution in [0.1, 0.15) is 91.8 Å². The van der Waals surface area contributed by atoms with Gasteiger partial charge >= 0.3 is 0 Å². The second-order valence-corrected chi connectivity index (χ2v) is 10.9. The summed E-state index contributed by atoms with van der Waals surface area (Å²) in [6, 6.07) is 6.23. The molecule has 0 spiro atoms. The molecule has 2 bridgehead atoms. The van der Waals surface area contributed by atoms with E-state index < -0.39 is 5.60 Å². The van der Waals surface area contributed by atoms with Crippen LogP contribution in [-0.4, -0.2) is 33.1 Å². The van der Waals surface area contributed by atoms with Gasteiger partial charge in [-0.05, 0) is 72.8 Å². The van der Waals surface area contributed by atoms with E-state index in [9.17, 15) is 9.90 Å². The average Bonchev–Trinajstić information content (AvgIpc) is 3.33. The molecule has 3 heterocycles. The van der Waals surface area contributed by atoms with Gasteiger partial charge < -0.3 is 14.8 Å². The fourth-order valence-electron chi connectivity index (χ4n) is 5.60. The lowest BCUT2D eigenvalue weighted by atomic mass is 9.75. The first-order valence-electron chi connectivity index (χ1n) is 12.0. The number of nitrogens with zero attached hydrogens (tertiary/aromatic N) is 1. The third kappa shape index (κ3) is 4.20. The van der Waals surface area contributed by atoms with Crippen LogP contribution in [0.4, 0.5) is 0 Å². The lowest BCUT2D eigenvalue weighted by molar-refractivity contribution is -0.115. The van der Waals surface area contributed by atoms with Crippen LogP contribution in [0.15, 0.2) is 30.5 Å². The number of nitrogens with one attached hydrogen (secondary N) is 1. The number of aryl methyl sites for hydroxylation is 1. The van der Waals surface area contributed by atoms with Crippen LogP contribution in [0.5, 0.6) is 0 Å². The number of hydrogen-bond donors (Lipinski definition) is 2. The Morgan fingerprint density at radius 3 is 2.62 bits per heavy atom. The second kappa shape index (κ2) is 7.96. The van der Waals surface area contributed by atoms with Crippen molar-refractivity contribution in [1.82, 2.24) is 9.97 Å². The van der Waals surface area contributed by atoms with Gasteiger partial charge in [0.15, 0.2) is 5.82 Å². The number of hydrogen-bond acceptors (Lipinski definition) is 4. The van der Waals surface area contributed by atoms with Gasteiger partial charge in [0.05, 0.1) is 17.8 Å². The summed E-state index contributed by atoms with van der Waals surface area (Å²) in [5.74, 6) is 0.405. The zero-order chi connectivity index (χ0) is 22.5. The Labute approximate surface area is 190 Å². The number of ether oxygens (including phenoxy) is 1. The van der Waals surface area contributed by atoms with Crippen molar-refractivity contribution in [3.63, 3.8) is 0 Å². The summed E-state index contributed by atoms with van der Waals surface area (Å²) in [5.41, 5.74) is 4.72. The average molecular weight is 435 g/mol. The topological polar surface area (TPSA) is 75.2 Å². The van der Waals surface area contributed by atoms with Gasteiger partial charge in [0.2, 0.25) is 5.78 Å². The fraction of sp³-hybridized carbons (Fsp3) is 0.556. The molecule has 2 fully saturated rings. The SMILES string of the molecule is Cc1cnc(C(=O)Cc2ccc(C3(O)CC4CCC(C3)O4)cc2C2=CCC(C)(C)CC2)[nH]1. The van der Waals surface area contributed by atoms with E-state index in [0.29, 0.717) is 30.5 Å². The highest BCUT2D eigenvalue weighted by Gasteiger charge is 2.45. The van der Waals surface area contributed by atoms with Gasteiger partial charge in [-0.3, -0.25) is 4.79 Å². The minimum absolute atomic E-state index is 0.00772. The van der Waals surface area contributed by atoms with E-state index in [4.69, 9.17) is 4.74 Å². The van der Waals surface area contributed by atoms with Crippen LogP contribution < -0.4 is 0 Å². The molecule has 2 saturated heterocycles. The Bertz CT molecular complexity index is 1050. The molecule has 0 amide bonds. The number of allylic oxidation sites excluding steroid dienone is 2. The monoisotopic (exact) mass is 434 g/mol. The van der Waals surface area contributed by atoms with E-state index in [1.54, 1.807) is 6.20 Å². The Balaban J connectivity index is 1.50. The standard InChI is InChI=1S/C27H34N2O3/c1-17-16-28-25(29-17)24(30)12-19-4-5-20(27(31)14-21-6-7-22(15-27)32-21)13-23(19)18-8-10-26(2,3)11-9-18/h4-5,8,13,16,21-22,31H,6-7,9-12,14-15H2,1-3H3,(H,28,29). The van der Waals surface area contributed by atoms with Crippen LogP contribution >= 0.6 is 0 Å². The van der Waals surface area contributed by atoms with Gasteiger partial charge in [0.1, 0.15) is 0 Å². The molecule has 3 aliphatic rings. The largest absolute Gasteiger partial charge is 0.385 e. The molecule has 170 valence electrons. The quantitative estimate of drug-likeness (QED) is 0.629. The predicted octanol–water partition coefficient (Wildman–Crippen LogP) is 5.27. The molecule has 5 rings (SSSR count). The number of carbonyl (C=O) groups excluding carboxylic acids is 1. The number of aromatic amines is 1. The van der Waals surface area contributed by atoms with E-state index in [1.165, 1.54) is 5.57 Å². The number of imidazole rings is 1. The number of aliphatic hydroxyl groups is 1. The number of Topliss-reactive ketones (excluding diaryl/α,β-unsaturated/α-hetero) is 1. The maximum Gasteiger partial charge on any atom is 0.202 e. The number of benzene rings is 1. The lowest BCUT2D eigenvalue weighted by Crippen LogP contribution is -2.38. The maximum absolute atomic E-state index is 12.9. The van der Waals surface area contributed by atoms with E-state index >= 15 is 0 Å². The minimum atomic E-state index is -0.853. The predicted molar refractivity (Wildman–Crippen MR) is 124 cm³/mol. The molecular formula is C27H34N2O3. The third-order valence-corrected chi connectivity index (χ3v) is 7.61. The van der Waals surface area contributed by atoms with Crippen molar-refractivity contribution in [2.75, 3.05) is 0 Å². The Morgan fingerprint density at radius 1 is 1.25 bits per heavy atom. The van der Waals surface area contributed by atoms with Crippen molar-refractivity contribution in [1.29, 1.82) is 0 Å². The molecule has 2 atom stereocenters. The van der Waals surface area contributed by atoms with Gasteiger partial charge in [-0.15, -0.1) is 0 Å². The summed E-state index contributed by atoms with van der Waals surface area (Å²) in [6.45, 7) is 6.52. The lowest BCUT2D eigenvalue weighted by Gasteiger charge is -2.37. The third-order valence-electron chi connectivity index (χ3n) is 7.61. The number of rotatable bonds is 5. The summed E-state index contributed by atoms with van der Waals surface area (Å²) >= 11 is 0. The molecule has 2 aromatic rings. The minimum Gasteiger partial charge on any atom is -0.385 e. The van der Waals surface area contributed by atoms with Crippen molar-refractivity contribution in [3.8, 4) is 0 Å². The van der Waals surface area contributed by atoms with E-state index in [0.717, 1.165) is 54.5 Å². The van der Waals surface area contributed by atoms with E-state index in [1.807, 2.05) is 19.1 Å². The first kappa shape index (κ1) is 21.6. The van der Waals surface area contributed by atoms with Crippen molar-refractivity contribution in [3.05, 3.63) is 58.7 Å². The van der Waals surface area contributed by atoms with Crippen LogP contribution in [0.3, 0.4) is 0 Å². The number of ketones is 1. The normalized spacial score (nSPS) is 29.1. The van der Waals surface area contributed by atoms with Gasteiger partial charge in [0, 0.05) is 31.2 Å². The molecule has 2 unspecified atom stereocenters. The number of H-pyrrole nitrogens is 1. The highest BCUT2D eigenvalue weighted by atomic mass is 16.5. The Kier molecular flexibility index (Phi) is 5.37. The molecular weight excluding hydrogens is 400 g/mol. The summed E-state index contributed by atoms with van der Waals surface area (Å²) in [7, 11) is 0. The van der Waals surface area contributed by atoms with Crippen molar-refractivity contribution < 1.29 is 14.6 Å². The Morgan fingerprint density at radius 2 is 2.00 bits per heavy atom. The fourth-order valence-corrected chi connectivity index (χ4v) is 5.60. The molecule has 5 heteroatoms. The zero-order valence-electron chi connectivity index (χ0n) is 19.4. The van der Waals surface area contributed by atoms with Crippen LogP contribution in [0.2, 0.25) is 0 Å². The molecule has 2 aliphatic heterocycles. The first-order chi connectivity index (χ1) is 15.2. The van der Waals surface area contributed by atoms with Gasteiger partial charge in [-0.2, -0.15) is 0 Å². The summed E-state index contributed by atoms with van der Waals surface area (Å²) in [4.78, 5) is 20.2. The van der Waals surface area contributed by atoms with Gasteiger partial charge in [-0.25, -0.2) is 4.98 Å². The smallest absolute Gasteiger partial charge is 0.202 e. The molecule has 1 aromatic carbocycles. The van der Waals surface area contributed by atoms with Crippen molar-refractivity contribution in [2.24, 2.45) is 5.41 Å². The molecule has 0 saturated carbocycles. The first-order valence-corrected chi connectivity index (χ1v) is 12.0. The van der Waals surface area contributed by atoms with E-state index in [-0.39, 0.29) is 18.0 Å². The Hall–Kier alpha value is -2.24. The molecule has 0 radical (unpaired) electrons. The molecule has 1 aliphatic carbocycles. The van der Waals surface area contributed by atoms with Crippen LogP contribution in [-0.2, 0) is 16.8 Å². The summed E-state index contributed by atoms with van der Waals surface area (Å²) in [6.07, 6.45) is 11.2. The molecule has 5 nitrogen and oxygen atoms in total. The number of fused-ring (bicyclic) bond motifs is 2. The number of aromatic nitrogens is 2. The second-order valence-electron chi connectivity index (χ2n) is 10.9. The van der Waals surface area contributed by atoms with Gasteiger partial charge in [0.25, 0.3) is 0 Å². The highest BCUT2D eigenvalue weighted by molar-refractivity contribution is 5.95. The summed E-state index contributed by atoms with van der Waals surface area (Å²) in [5, 5.41) is 11.6. The molecule has 2 N–H and O–H groups in total. The van der Waals surface area contributed by atoms with Crippen LogP contribution in [0, 0.1) is 12.3 Å². The molecule has 1 aromatic heterocycles. The summed E-state index contributed by atoms with van der Waals surface area (Å²) < 4.78 is 5.98. The highest BCUT2D eigenvalue weighted by Crippen LogP contribution is 2.45. The maximum atomic E-state index is 12.9. The van der Waals surface area contributed by atoms with Crippen molar-refractivity contribution >= 4 is 11.4 Å². The molecule has 32 heavy (non-hydrogen) atoms. The zero-order valence-corrected chi connectivity index (χ0v) is 19.4. The van der Waals surface area contributed by atoms with Crippen molar-refractivity contribution in [2.45, 2.75) is 89.9 Å². The van der Waals surface area contributed by atoms with E-state index in [2.05, 4.69) is 36.0 Å². The van der Waals surface area contributed by atoms with Crippen LogP contribution in [0.25, 0.3) is 5.57 Å².